The predicted molar refractivity (Wildman–Crippen MR) is 49.4 cm³/mol. The molecule has 1 aliphatic heterocycles. The van der Waals surface area contributed by atoms with Gasteiger partial charge in [-0.2, -0.15) is 0 Å². The van der Waals surface area contributed by atoms with E-state index in [4.69, 9.17) is 0 Å². The van der Waals surface area contributed by atoms with Crippen LogP contribution in [0.1, 0.15) is 13.3 Å². The van der Waals surface area contributed by atoms with Gasteiger partial charge in [0.2, 0.25) is 0 Å². The Balaban J connectivity index is 2.48. The Morgan fingerprint density at radius 1 is 1.54 bits per heavy atom. The maximum absolute atomic E-state index is 11.5. The predicted octanol–water partition coefficient (Wildman–Crippen LogP) is 0.579. The van der Waals surface area contributed by atoms with Crippen molar-refractivity contribution in [2.45, 2.75) is 13.3 Å². The van der Waals surface area contributed by atoms with Gasteiger partial charge in [0.15, 0.2) is 0 Å². The molecule has 1 rings (SSSR count). The van der Waals surface area contributed by atoms with Gasteiger partial charge in [-0.3, -0.25) is 0 Å². The second-order valence-electron chi connectivity index (χ2n) is 3.62. The summed E-state index contributed by atoms with van der Waals surface area (Å²) in [7, 11) is 1.79. The van der Waals surface area contributed by atoms with Crippen LogP contribution in [0.25, 0.3) is 0 Å². The highest BCUT2D eigenvalue weighted by Gasteiger charge is 2.23. The van der Waals surface area contributed by atoms with Crippen LogP contribution >= 0.6 is 0 Å². The summed E-state index contributed by atoms with van der Waals surface area (Å²) in [4.78, 5) is 25.4. The molecule has 0 aromatic rings. The normalized spacial score (nSPS) is 20.3. The quantitative estimate of drug-likeness (QED) is 0.602. The van der Waals surface area contributed by atoms with E-state index in [1.54, 1.807) is 16.8 Å². The average molecular weight is 184 g/mol. The first-order valence-electron chi connectivity index (χ1n) is 4.60. The molecule has 1 atom stereocenters. The smallest absolute Gasteiger partial charge is 0.319 e. The third kappa shape index (κ3) is 2.44. The van der Waals surface area contributed by atoms with Gasteiger partial charge in [-0.05, 0) is 6.42 Å². The monoisotopic (exact) mass is 184 g/mol. The Morgan fingerprint density at radius 3 is 2.85 bits per heavy atom. The van der Waals surface area contributed by atoms with Crippen LogP contribution in [-0.4, -0.2) is 48.8 Å². The van der Waals surface area contributed by atoms with E-state index in [1.807, 2.05) is 6.92 Å². The number of rotatable bonds is 3. The fraction of sp³-hybridized carbons (Fsp3) is 0.778. The lowest BCUT2D eigenvalue weighted by molar-refractivity contribution is -0.111. The van der Waals surface area contributed by atoms with Gasteiger partial charge in [-0.1, -0.05) is 6.92 Å². The fourth-order valence-corrected chi connectivity index (χ4v) is 1.49. The lowest BCUT2D eigenvalue weighted by Gasteiger charge is -2.33. The maximum Gasteiger partial charge on any atom is 0.319 e. The number of aldehydes is 1. The molecule has 1 unspecified atom stereocenters. The molecule has 4 nitrogen and oxygen atoms in total. The van der Waals surface area contributed by atoms with Crippen LogP contribution in [-0.2, 0) is 4.79 Å². The molecule has 0 saturated carbocycles. The van der Waals surface area contributed by atoms with Crippen molar-refractivity contribution in [3.8, 4) is 0 Å². The molecule has 0 aromatic carbocycles. The van der Waals surface area contributed by atoms with Crippen LogP contribution in [0.15, 0.2) is 0 Å². The first-order valence-corrected chi connectivity index (χ1v) is 4.60. The Morgan fingerprint density at radius 2 is 2.23 bits per heavy atom. The molecule has 1 heterocycles. The molecular weight excluding hydrogens is 168 g/mol. The topological polar surface area (TPSA) is 40.6 Å². The standard InChI is InChI=1S/C9H16N2O2/c1-8(7-12)6-11-5-3-4-10(2)9(11)13/h7-8H,3-6H2,1-2H3. The Labute approximate surface area is 78.5 Å². The van der Waals surface area contributed by atoms with E-state index in [2.05, 4.69) is 0 Å². The van der Waals surface area contributed by atoms with Crippen molar-refractivity contribution in [2.75, 3.05) is 26.7 Å². The lowest BCUT2D eigenvalue weighted by Crippen LogP contribution is -2.48. The molecule has 1 saturated heterocycles. The summed E-state index contributed by atoms with van der Waals surface area (Å²) in [5.74, 6) is -0.0598. The summed E-state index contributed by atoms with van der Waals surface area (Å²) in [5, 5.41) is 0. The summed E-state index contributed by atoms with van der Waals surface area (Å²) in [6.07, 6.45) is 1.88. The third-order valence-corrected chi connectivity index (χ3v) is 2.26. The van der Waals surface area contributed by atoms with Crippen LogP contribution in [0.4, 0.5) is 4.79 Å². The van der Waals surface area contributed by atoms with E-state index in [1.165, 1.54) is 0 Å². The zero-order valence-corrected chi connectivity index (χ0v) is 8.19. The van der Waals surface area contributed by atoms with Gasteiger partial charge in [-0.15, -0.1) is 0 Å². The van der Waals surface area contributed by atoms with Gasteiger partial charge in [-0.25, -0.2) is 4.79 Å². The zero-order chi connectivity index (χ0) is 9.84. The molecule has 0 N–H and O–H groups in total. The van der Waals surface area contributed by atoms with Crippen molar-refractivity contribution < 1.29 is 9.59 Å². The summed E-state index contributed by atoms with van der Waals surface area (Å²) < 4.78 is 0. The SMILES string of the molecule is CC(C=O)CN1CCCN(C)C1=O. The van der Waals surface area contributed by atoms with E-state index >= 15 is 0 Å². The van der Waals surface area contributed by atoms with Crippen LogP contribution < -0.4 is 0 Å². The minimum absolute atomic E-state index is 0.0416. The molecule has 2 amide bonds. The van der Waals surface area contributed by atoms with E-state index in [-0.39, 0.29) is 11.9 Å². The zero-order valence-electron chi connectivity index (χ0n) is 8.19. The van der Waals surface area contributed by atoms with E-state index < -0.39 is 0 Å². The highest BCUT2D eigenvalue weighted by Crippen LogP contribution is 2.08. The van der Waals surface area contributed by atoms with Crippen LogP contribution in [0, 0.1) is 5.92 Å². The number of carbonyl (C=O) groups excluding carboxylic acids is 2. The van der Waals surface area contributed by atoms with Gasteiger partial charge >= 0.3 is 6.03 Å². The molecular formula is C9H16N2O2. The number of hydrogen-bond donors (Lipinski definition) is 0. The lowest BCUT2D eigenvalue weighted by atomic mass is 10.2. The minimum atomic E-state index is -0.0598. The van der Waals surface area contributed by atoms with Crippen LogP contribution in [0.2, 0.25) is 0 Å². The molecule has 0 bridgehead atoms. The largest absolute Gasteiger partial charge is 0.328 e. The van der Waals surface area contributed by atoms with Crippen molar-refractivity contribution in [1.29, 1.82) is 0 Å². The van der Waals surface area contributed by atoms with Gasteiger partial charge < -0.3 is 14.6 Å². The molecule has 0 radical (unpaired) electrons. The Bertz CT molecular complexity index is 206. The minimum Gasteiger partial charge on any atom is -0.328 e. The van der Waals surface area contributed by atoms with Gasteiger partial charge in [0.25, 0.3) is 0 Å². The van der Waals surface area contributed by atoms with Gasteiger partial charge in [0, 0.05) is 32.6 Å². The van der Waals surface area contributed by atoms with Gasteiger partial charge in [0.1, 0.15) is 6.29 Å². The van der Waals surface area contributed by atoms with Crippen molar-refractivity contribution in [3.63, 3.8) is 0 Å². The molecule has 1 fully saturated rings. The summed E-state index contributed by atoms with van der Waals surface area (Å²) in [5.41, 5.74) is 0. The number of carbonyl (C=O) groups is 2. The van der Waals surface area contributed by atoms with Crippen molar-refractivity contribution >= 4 is 12.3 Å². The number of nitrogens with zero attached hydrogens (tertiary/aromatic N) is 2. The number of urea groups is 1. The van der Waals surface area contributed by atoms with Crippen LogP contribution in [0.5, 0.6) is 0 Å². The molecule has 0 spiro atoms. The average Bonchev–Trinajstić information content (AvgIpc) is 2.13. The third-order valence-electron chi connectivity index (χ3n) is 2.26. The second kappa shape index (κ2) is 4.25. The molecule has 1 aliphatic rings. The first kappa shape index (κ1) is 10.0. The Kier molecular flexibility index (Phi) is 3.28. The number of amides is 2. The van der Waals surface area contributed by atoms with Crippen molar-refractivity contribution in [3.05, 3.63) is 0 Å². The van der Waals surface area contributed by atoms with Crippen molar-refractivity contribution in [1.82, 2.24) is 9.80 Å². The molecule has 13 heavy (non-hydrogen) atoms. The summed E-state index contributed by atoms with van der Waals surface area (Å²) in [6, 6.07) is 0.0416. The van der Waals surface area contributed by atoms with Crippen molar-refractivity contribution in [2.24, 2.45) is 5.92 Å². The molecule has 4 heteroatoms. The summed E-state index contributed by atoms with van der Waals surface area (Å²) >= 11 is 0. The maximum atomic E-state index is 11.5. The summed E-state index contributed by atoms with van der Waals surface area (Å²) in [6.45, 7) is 3.98. The number of hydrogen-bond acceptors (Lipinski definition) is 2. The Hall–Kier alpha value is -1.06. The van der Waals surface area contributed by atoms with E-state index in [9.17, 15) is 9.59 Å². The van der Waals surface area contributed by atoms with Crippen LogP contribution in [0.3, 0.4) is 0 Å². The fourth-order valence-electron chi connectivity index (χ4n) is 1.49. The molecule has 0 aromatic heterocycles. The van der Waals surface area contributed by atoms with E-state index in [0.29, 0.717) is 6.54 Å². The second-order valence-corrected chi connectivity index (χ2v) is 3.62. The van der Waals surface area contributed by atoms with Gasteiger partial charge in [0.05, 0.1) is 0 Å². The highest BCUT2D eigenvalue weighted by molar-refractivity contribution is 5.75. The van der Waals surface area contributed by atoms with E-state index in [0.717, 1.165) is 25.8 Å². The first-order chi connectivity index (χ1) is 6.15. The highest BCUT2D eigenvalue weighted by atomic mass is 16.2. The molecule has 74 valence electrons. The molecule has 0 aliphatic carbocycles.